The lowest BCUT2D eigenvalue weighted by atomic mass is 9.50. The van der Waals surface area contributed by atoms with Gasteiger partial charge < -0.3 is 19.8 Å². The summed E-state index contributed by atoms with van der Waals surface area (Å²) in [7, 11) is 0.0359. The lowest BCUT2D eigenvalue weighted by Crippen LogP contribution is -2.48. The number of thiophene rings is 2. The van der Waals surface area contributed by atoms with Gasteiger partial charge in [-0.05, 0) is 227 Å². The minimum Gasteiger partial charge on any atom is -0.691 e. The first-order chi connectivity index (χ1) is 42.5. The fraction of sp³-hybridized carbons (Fsp3) is 0.462. The van der Waals surface area contributed by atoms with Crippen LogP contribution in [0.15, 0.2) is 158 Å². The number of fused-ring (bicyclic) bond motifs is 6. The van der Waals surface area contributed by atoms with E-state index in [0.717, 1.165) is 75.3 Å². The minimum absolute atomic E-state index is 0.0153. The third-order valence-electron chi connectivity index (χ3n) is 18.5. The maximum Gasteiger partial charge on any atom is 0.187 e. The van der Waals surface area contributed by atoms with Crippen LogP contribution < -0.4 is 5.26 Å². The Morgan fingerprint density at radius 1 is 0.517 bits per heavy atom. The Morgan fingerprint density at radius 3 is 1.41 bits per heavy atom. The molecule has 0 spiro atoms. The molecule has 87 heavy (non-hydrogen) atoms. The number of aryl methyl sites for hydroxylation is 2. The van der Waals surface area contributed by atoms with Gasteiger partial charge in [0.1, 0.15) is 0 Å². The molecule has 2 heterocycles. The zero-order valence-corrected chi connectivity index (χ0v) is 55.8. The molecular formula is C78H99O6S3+. The quantitative estimate of drug-likeness (QED) is 0.0190. The van der Waals surface area contributed by atoms with Gasteiger partial charge in [0.2, 0.25) is 0 Å². The van der Waals surface area contributed by atoms with E-state index in [2.05, 4.69) is 216 Å². The Kier molecular flexibility index (Phi) is 25.8. The summed E-state index contributed by atoms with van der Waals surface area (Å²) in [6.07, 6.45) is 22.5. The van der Waals surface area contributed by atoms with Crippen LogP contribution in [0.5, 0.6) is 0 Å². The van der Waals surface area contributed by atoms with Crippen LogP contribution in [0.4, 0.5) is 0 Å². The van der Waals surface area contributed by atoms with Crippen molar-refractivity contribution in [2.75, 3.05) is 38.8 Å². The zero-order chi connectivity index (χ0) is 61.0. The van der Waals surface area contributed by atoms with Gasteiger partial charge >= 0.3 is 0 Å². The predicted molar refractivity (Wildman–Crippen MR) is 373 cm³/mol. The van der Waals surface area contributed by atoms with Crippen molar-refractivity contribution in [1.82, 2.24) is 0 Å². The maximum atomic E-state index is 9.57. The van der Waals surface area contributed by atoms with Gasteiger partial charge in [-0.25, -0.2) is 0 Å². The van der Waals surface area contributed by atoms with Gasteiger partial charge in [-0.1, -0.05) is 157 Å². The molecule has 0 saturated heterocycles. The number of hydrogen-bond acceptors (Lipinski definition) is 7. The van der Waals surface area contributed by atoms with Gasteiger partial charge in [0.05, 0.1) is 13.2 Å². The van der Waals surface area contributed by atoms with E-state index in [-0.39, 0.29) is 27.5 Å². The summed E-state index contributed by atoms with van der Waals surface area (Å²) >= 11 is 0.972. The highest BCUT2D eigenvalue weighted by Gasteiger charge is 2.51. The summed E-state index contributed by atoms with van der Waals surface area (Å²) in [5, 5.41) is 27.4. The molecular weight excluding hydrogens is 1130 g/mol. The normalized spacial score (nSPS) is 17.7. The number of aliphatic hydroxyl groups is 1. The van der Waals surface area contributed by atoms with Crippen molar-refractivity contribution in [2.24, 2.45) is 23.2 Å². The summed E-state index contributed by atoms with van der Waals surface area (Å²) in [4.78, 5) is 2.76. The Balaban J connectivity index is 0.000000139. The first-order valence-corrected chi connectivity index (χ1v) is 36.3. The molecule has 4 fully saturated rings. The smallest absolute Gasteiger partial charge is 0.187 e. The van der Waals surface area contributed by atoms with Crippen LogP contribution in [0.25, 0.3) is 50.1 Å². The Hall–Kier alpha value is -4.91. The van der Waals surface area contributed by atoms with Crippen LogP contribution in [-0.2, 0) is 31.7 Å². The van der Waals surface area contributed by atoms with Crippen LogP contribution in [0.1, 0.15) is 176 Å². The molecule has 13 rings (SSSR count). The number of hydrogen-bond donors (Lipinski definition) is 1. The second-order valence-corrected chi connectivity index (χ2v) is 30.6. The number of aliphatic hydroxyl groups excluding tert-OH is 1. The van der Waals surface area contributed by atoms with Crippen LogP contribution >= 0.6 is 33.0 Å². The van der Waals surface area contributed by atoms with Crippen molar-refractivity contribution in [3.63, 3.8) is 0 Å². The standard InChI is InChI=1S/C21H36.C20H17OS.C19H15S.C18H32O5S/c1-7-8-9-10-11-12-13-19-14-20(16(2)3)18(6)21(15-19)17(4)5;21-14-13-15-9-11-16(12-10-15)22-19-7-3-1-5-17(19)18-6-2-4-8-20(18)22;1-14-10-12-15(13-11-14)20-18-8-4-2-6-16(18)17-7-3-5-9-19(17)20;19-22-23-24-7-6-20-4-2-1-3-5-21-14-18-11-15-8-16(12-18)10-17(9-15)13-18/h14-17H,7-13H2,1-6H3;1-12,21H,13-14H2;2-13H,1H3;15-17,19H,1-14H2/q;2*+1;/p-1. The highest BCUT2D eigenvalue weighted by Crippen LogP contribution is 2.60. The molecule has 0 amide bonds. The minimum atomic E-state index is -0.0153. The molecule has 6 nitrogen and oxygen atoms in total. The third kappa shape index (κ3) is 18.0. The second-order valence-electron chi connectivity index (χ2n) is 25.9. The molecule has 2 aromatic heterocycles. The van der Waals surface area contributed by atoms with Gasteiger partial charge in [0, 0.05) is 80.1 Å². The van der Waals surface area contributed by atoms with Crippen molar-refractivity contribution < 1.29 is 29.2 Å². The molecule has 7 aromatic carbocycles. The maximum absolute atomic E-state index is 9.57. The van der Waals surface area contributed by atoms with Crippen molar-refractivity contribution in [3.05, 3.63) is 191 Å². The molecule has 464 valence electrons. The number of unbranched alkanes of at least 4 members (excludes halogenated alkanes) is 7. The molecule has 0 atom stereocenters. The van der Waals surface area contributed by atoms with Crippen molar-refractivity contribution in [1.29, 1.82) is 0 Å². The summed E-state index contributed by atoms with van der Waals surface area (Å²) < 4.78 is 21.4. The van der Waals surface area contributed by atoms with E-state index >= 15 is 0 Å². The Bertz CT molecular complexity index is 3330. The van der Waals surface area contributed by atoms with Crippen molar-refractivity contribution >= 4 is 73.3 Å². The average Bonchev–Trinajstić information content (AvgIpc) is 2.68. The van der Waals surface area contributed by atoms with Gasteiger partial charge in [0.25, 0.3) is 0 Å². The van der Waals surface area contributed by atoms with E-state index < -0.39 is 0 Å². The fourth-order valence-corrected chi connectivity index (χ4v) is 19.7. The van der Waals surface area contributed by atoms with Gasteiger partial charge in [0.15, 0.2) is 28.6 Å². The summed E-state index contributed by atoms with van der Waals surface area (Å²) in [6.45, 7) is 19.5. The van der Waals surface area contributed by atoms with Gasteiger partial charge in [-0.15, -0.1) is 0 Å². The lowest BCUT2D eigenvalue weighted by Gasteiger charge is -2.56. The van der Waals surface area contributed by atoms with E-state index in [1.165, 1.54) is 150 Å². The average molecular weight is 1230 g/mol. The lowest BCUT2D eigenvalue weighted by molar-refractivity contribution is -0.777. The van der Waals surface area contributed by atoms with Crippen LogP contribution in [0, 0.1) is 37.0 Å². The van der Waals surface area contributed by atoms with Gasteiger partial charge in [-0.3, -0.25) is 5.04 Å². The molecule has 0 radical (unpaired) electrons. The highest BCUT2D eigenvalue weighted by atomic mass is 32.2. The molecule has 4 bridgehead atoms. The molecule has 0 unspecified atom stereocenters. The first kappa shape index (κ1) is 66.5. The highest BCUT2D eigenvalue weighted by molar-refractivity contribution is 7.94. The van der Waals surface area contributed by atoms with E-state index in [9.17, 15) is 5.26 Å². The van der Waals surface area contributed by atoms with E-state index in [0.29, 0.717) is 29.6 Å². The third-order valence-corrected chi connectivity index (χ3v) is 23.6. The zero-order valence-electron chi connectivity index (χ0n) is 53.4. The number of ether oxygens (including phenoxy) is 2. The van der Waals surface area contributed by atoms with E-state index in [1.54, 1.807) is 16.7 Å². The van der Waals surface area contributed by atoms with E-state index in [1.807, 2.05) is 0 Å². The Morgan fingerprint density at radius 2 is 0.954 bits per heavy atom. The fourth-order valence-electron chi connectivity index (χ4n) is 14.7. The van der Waals surface area contributed by atoms with Crippen molar-refractivity contribution in [2.45, 2.75) is 169 Å². The molecule has 4 aliphatic carbocycles. The summed E-state index contributed by atoms with van der Waals surface area (Å²) in [5.74, 6) is 4.91. The van der Waals surface area contributed by atoms with E-state index in [4.69, 9.17) is 14.6 Å². The number of rotatable bonds is 26. The SMILES string of the molecule is CCCCCCCCc1cc(C(C)C)c(C)c(C(C)C)c1.Cc1ccc(-[s+]2c3ccccc3c3ccccc32)cc1.OCCc1ccc(-[s+]2c3ccccc3c3ccccc32)cc1.[O-]OOSCCOCCCCCOCC12CC3CC(CC(C3)C1)C2. The van der Waals surface area contributed by atoms with Crippen LogP contribution in [0.3, 0.4) is 0 Å². The number of benzene rings is 7. The van der Waals surface area contributed by atoms with Crippen LogP contribution in [-0.4, -0.2) is 43.9 Å². The largest absolute Gasteiger partial charge is 0.691 e. The topological polar surface area (TPSA) is 80.2 Å². The second kappa shape index (κ2) is 33.8. The van der Waals surface area contributed by atoms with Gasteiger partial charge in [-0.2, -0.15) is 4.33 Å². The first-order valence-electron chi connectivity index (χ1n) is 33.0. The molecule has 9 heteroatoms. The summed E-state index contributed by atoms with van der Waals surface area (Å²) in [6, 6.07) is 57.7. The Labute approximate surface area is 531 Å². The molecule has 4 aliphatic rings. The predicted octanol–water partition coefficient (Wildman–Crippen LogP) is 21.7. The molecule has 0 aliphatic heterocycles. The van der Waals surface area contributed by atoms with Crippen LogP contribution in [0.2, 0.25) is 0 Å². The monoisotopic (exact) mass is 1230 g/mol. The molecule has 4 saturated carbocycles. The van der Waals surface area contributed by atoms with Crippen molar-refractivity contribution in [3.8, 4) is 9.79 Å². The molecule has 1 N–H and O–H groups in total. The molecule has 9 aromatic rings. The summed E-state index contributed by atoms with van der Waals surface area (Å²) in [5.41, 5.74) is 9.25.